The van der Waals surface area contributed by atoms with Crippen molar-refractivity contribution in [3.63, 3.8) is 0 Å². The van der Waals surface area contributed by atoms with Gasteiger partial charge in [-0.2, -0.15) is 0 Å². The molecule has 1 saturated heterocycles. The van der Waals surface area contributed by atoms with Gasteiger partial charge < -0.3 is 10.2 Å². The average molecular weight is 346 g/mol. The summed E-state index contributed by atoms with van der Waals surface area (Å²) in [5.74, 6) is 0.659. The molecule has 1 heterocycles. The van der Waals surface area contributed by atoms with Crippen molar-refractivity contribution in [2.45, 2.75) is 32.7 Å². The molecule has 0 radical (unpaired) electrons. The van der Waals surface area contributed by atoms with E-state index in [4.69, 9.17) is 11.6 Å². The van der Waals surface area contributed by atoms with E-state index in [-0.39, 0.29) is 0 Å². The third-order valence-corrected chi connectivity index (χ3v) is 4.72. The molecule has 0 spiro atoms. The number of benzene rings is 1. The SMILES string of the molecule is CCCNC1CCN(c2cc(Cl)ccc2Br)CC1C. The van der Waals surface area contributed by atoms with Crippen LogP contribution in [0.4, 0.5) is 5.69 Å². The van der Waals surface area contributed by atoms with Crippen LogP contribution in [0.15, 0.2) is 22.7 Å². The van der Waals surface area contributed by atoms with E-state index in [0.29, 0.717) is 12.0 Å². The van der Waals surface area contributed by atoms with E-state index in [9.17, 15) is 0 Å². The monoisotopic (exact) mass is 344 g/mol. The number of piperidine rings is 1. The lowest BCUT2D eigenvalue weighted by atomic mass is 9.93. The maximum absolute atomic E-state index is 6.11. The molecule has 1 N–H and O–H groups in total. The number of nitrogens with one attached hydrogen (secondary N) is 1. The lowest BCUT2D eigenvalue weighted by molar-refractivity contribution is 0.322. The molecule has 0 amide bonds. The number of hydrogen-bond acceptors (Lipinski definition) is 2. The average Bonchev–Trinajstić information content (AvgIpc) is 2.40. The van der Waals surface area contributed by atoms with Gasteiger partial charge in [0.15, 0.2) is 0 Å². The van der Waals surface area contributed by atoms with Crippen molar-refractivity contribution in [2.75, 3.05) is 24.5 Å². The first-order valence-corrected chi connectivity index (χ1v) is 8.22. The minimum absolute atomic E-state index is 0.647. The molecule has 1 aliphatic rings. The van der Waals surface area contributed by atoms with Crippen LogP contribution in [0.1, 0.15) is 26.7 Å². The Bertz CT molecular complexity index is 425. The second-order valence-corrected chi connectivity index (χ2v) is 6.66. The van der Waals surface area contributed by atoms with E-state index in [1.807, 2.05) is 12.1 Å². The minimum Gasteiger partial charge on any atom is -0.370 e. The van der Waals surface area contributed by atoms with Gasteiger partial charge in [-0.3, -0.25) is 0 Å². The highest BCUT2D eigenvalue weighted by Gasteiger charge is 2.26. The fourth-order valence-corrected chi connectivity index (χ4v) is 3.39. The zero-order valence-corrected chi connectivity index (χ0v) is 14.0. The van der Waals surface area contributed by atoms with Crippen molar-refractivity contribution >= 4 is 33.2 Å². The third kappa shape index (κ3) is 3.87. The van der Waals surface area contributed by atoms with Gasteiger partial charge in [0.25, 0.3) is 0 Å². The second kappa shape index (κ2) is 6.96. The summed E-state index contributed by atoms with van der Waals surface area (Å²) in [7, 11) is 0. The van der Waals surface area contributed by atoms with E-state index >= 15 is 0 Å². The van der Waals surface area contributed by atoms with Gasteiger partial charge in [-0.25, -0.2) is 0 Å². The summed E-state index contributed by atoms with van der Waals surface area (Å²) in [6.45, 7) is 7.84. The lowest BCUT2D eigenvalue weighted by Gasteiger charge is -2.39. The van der Waals surface area contributed by atoms with Crippen molar-refractivity contribution in [1.29, 1.82) is 0 Å². The highest BCUT2D eigenvalue weighted by atomic mass is 79.9. The summed E-state index contributed by atoms with van der Waals surface area (Å²) < 4.78 is 1.13. The molecule has 0 aromatic heterocycles. The van der Waals surface area contributed by atoms with Crippen LogP contribution in [0.3, 0.4) is 0 Å². The van der Waals surface area contributed by atoms with Crippen LogP contribution in [0, 0.1) is 5.92 Å². The van der Waals surface area contributed by atoms with Gasteiger partial charge in [0.05, 0.1) is 5.69 Å². The Hall–Kier alpha value is -0.250. The maximum atomic E-state index is 6.11. The molecule has 2 atom stereocenters. The Morgan fingerprint density at radius 2 is 2.26 bits per heavy atom. The Labute approximate surface area is 129 Å². The van der Waals surface area contributed by atoms with E-state index < -0.39 is 0 Å². The third-order valence-electron chi connectivity index (χ3n) is 3.81. The fraction of sp³-hybridized carbons (Fsp3) is 0.600. The number of hydrogen-bond donors (Lipinski definition) is 1. The highest BCUT2D eigenvalue weighted by molar-refractivity contribution is 9.10. The molecule has 0 bridgehead atoms. The first kappa shape index (κ1) is 15.1. The second-order valence-electron chi connectivity index (χ2n) is 5.37. The van der Waals surface area contributed by atoms with Crippen molar-refractivity contribution in [1.82, 2.24) is 5.32 Å². The molecule has 19 heavy (non-hydrogen) atoms. The first-order chi connectivity index (χ1) is 9.11. The fourth-order valence-electron chi connectivity index (χ4n) is 2.73. The first-order valence-electron chi connectivity index (χ1n) is 7.05. The van der Waals surface area contributed by atoms with Gasteiger partial charge in [-0.1, -0.05) is 25.4 Å². The number of halogens is 2. The summed E-state index contributed by atoms with van der Waals surface area (Å²) in [6, 6.07) is 6.66. The van der Waals surface area contributed by atoms with Gasteiger partial charge in [-0.15, -0.1) is 0 Å². The van der Waals surface area contributed by atoms with Crippen LogP contribution in [0.5, 0.6) is 0 Å². The normalized spacial score (nSPS) is 23.7. The Morgan fingerprint density at radius 1 is 1.47 bits per heavy atom. The number of rotatable bonds is 4. The molecule has 2 unspecified atom stereocenters. The van der Waals surface area contributed by atoms with Crippen LogP contribution >= 0.6 is 27.5 Å². The molecule has 1 aliphatic heterocycles. The van der Waals surface area contributed by atoms with Gasteiger partial charge in [-0.05, 0) is 59.4 Å². The van der Waals surface area contributed by atoms with E-state index in [2.05, 4.69) is 46.1 Å². The smallest absolute Gasteiger partial charge is 0.0525 e. The predicted octanol–water partition coefficient (Wildman–Crippen LogP) is 4.32. The number of nitrogens with zero attached hydrogens (tertiary/aromatic N) is 1. The van der Waals surface area contributed by atoms with Crippen molar-refractivity contribution < 1.29 is 0 Å². The zero-order valence-electron chi connectivity index (χ0n) is 11.6. The molecule has 1 fully saturated rings. The lowest BCUT2D eigenvalue weighted by Crippen LogP contribution is -2.48. The Kier molecular flexibility index (Phi) is 5.55. The molecule has 1 aromatic rings. The Balaban J connectivity index is 2.03. The highest BCUT2D eigenvalue weighted by Crippen LogP contribution is 2.32. The van der Waals surface area contributed by atoms with Crippen molar-refractivity contribution in [2.24, 2.45) is 5.92 Å². The summed E-state index contributed by atoms with van der Waals surface area (Å²) in [6.07, 6.45) is 2.40. The van der Waals surface area contributed by atoms with Gasteiger partial charge in [0.1, 0.15) is 0 Å². The van der Waals surface area contributed by atoms with E-state index in [0.717, 1.165) is 29.1 Å². The van der Waals surface area contributed by atoms with Gasteiger partial charge in [0, 0.05) is 28.6 Å². The van der Waals surface area contributed by atoms with Crippen molar-refractivity contribution in [3.05, 3.63) is 27.7 Å². The quantitative estimate of drug-likeness (QED) is 0.874. The van der Waals surface area contributed by atoms with Crippen LogP contribution < -0.4 is 10.2 Å². The van der Waals surface area contributed by atoms with Crippen LogP contribution in [-0.4, -0.2) is 25.7 Å². The molecule has 1 aromatic carbocycles. The molecule has 0 aliphatic carbocycles. The molecule has 106 valence electrons. The van der Waals surface area contributed by atoms with Gasteiger partial charge >= 0.3 is 0 Å². The molecule has 0 saturated carbocycles. The van der Waals surface area contributed by atoms with E-state index in [1.165, 1.54) is 18.5 Å². The van der Waals surface area contributed by atoms with Crippen molar-refractivity contribution in [3.8, 4) is 0 Å². The molecule has 2 rings (SSSR count). The molecule has 2 nitrogen and oxygen atoms in total. The van der Waals surface area contributed by atoms with E-state index in [1.54, 1.807) is 0 Å². The molecule has 4 heteroatoms. The topological polar surface area (TPSA) is 15.3 Å². The van der Waals surface area contributed by atoms with Crippen LogP contribution in [0.25, 0.3) is 0 Å². The summed E-state index contributed by atoms with van der Waals surface area (Å²) in [5.41, 5.74) is 1.22. The summed E-state index contributed by atoms with van der Waals surface area (Å²) >= 11 is 9.74. The van der Waals surface area contributed by atoms with Crippen LogP contribution in [0.2, 0.25) is 5.02 Å². The minimum atomic E-state index is 0.647. The molecular formula is C15H22BrClN2. The maximum Gasteiger partial charge on any atom is 0.0525 e. The predicted molar refractivity (Wildman–Crippen MR) is 87.2 cm³/mol. The van der Waals surface area contributed by atoms with Gasteiger partial charge in [0.2, 0.25) is 0 Å². The molecular weight excluding hydrogens is 324 g/mol. The largest absolute Gasteiger partial charge is 0.370 e. The Morgan fingerprint density at radius 3 is 2.95 bits per heavy atom. The zero-order chi connectivity index (χ0) is 13.8. The van der Waals surface area contributed by atoms with Crippen LogP contribution in [-0.2, 0) is 0 Å². The number of anilines is 1. The standard InChI is InChI=1S/C15H22BrClN2/c1-3-7-18-14-6-8-19(10-11(14)2)15-9-12(17)4-5-13(15)16/h4-5,9,11,14,18H,3,6-8,10H2,1-2H3. The summed E-state index contributed by atoms with van der Waals surface area (Å²) in [5, 5.41) is 4.46. The summed E-state index contributed by atoms with van der Waals surface area (Å²) in [4.78, 5) is 2.44.